The number of nitrogens with zero attached hydrogens (tertiary/aromatic N) is 3. The maximum absolute atomic E-state index is 12.8. The molecule has 3 aromatic heterocycles. The third kappa shape index (κ3) is 2.38. The van der Waals surface area contributed by atoms with Gasteiger partial charge >= 0.3 is 11.6 Å². The summed E-state index contributed by atoms with van der Waals surface area (Å²) in [6.07, 6.45) is 1.70. The Balaban J connectivity index is 2.42. The van der Waals surface area contributed by atoms with Crippen molar-refractivity contribution in [1.29, 1.82) is 5.26 Å². The number of benzene rings is 1. The Morgan fingerprint density at radius 1 is 1.21 bits per heavy atom. The number of ether oxygens (including phenoxy) is 1. The first kappa shape index (κ1) is 17.7. The van der Waals surface area contributed by atoms with Crippen LogP contribution in [0.25, 0.3) is 32.8 Å². The van der Waals surface area contributed by atoms with Crippen molar-refractivity contribution in [2.24, 2.45) is 0 Å². The van der Waals surface area contributed by atoms with Gasteiger partial charge in [0.2, 0.25) is 0 Å². The van der Waals surface area contributed by atoms with Crippen LogP contribution in [-0.2, 0) is 10.3 Å². The van der Waals surface area contributed by atoms with E-state index in [1.165, 1.54) is 7.11 Å². The van der Waals surface area contributed by atoms with E-state index in [-0.39, 0.29) is 11.1 Å². The molecule has 0 unspecified atom stereocenters. The van der Waals surface area contributed by atoms with Crippen LogP contribution in [0.3, 0.4) is 0 Å². The Labute approximate surface area is 159 Å². The van der Waals surface area contributed by atoms with Crippen molar-refractivity contribution in [1.82, 2.24) is 9.55 Å². The highest BCUT2D eigenvalue weighted by Gasteiger charge is 2.27. The molecule has 0 saturated carbocycles. The molecular formula is C21H17N3O4. The van der Waals surface area contributed by atoms with Crippen LogP contribution in [0, 0.1) is 11.3 Å². The lowest BCUT2D eigenvalue weighted by molar-refractivity contribution is 0.0596. The van der Waals surface area contributed by atoms with E-state index in [9.17, 15) is 14.9 Å². The molecule has 4 rings (SSSR count). The number of pyridine rings is 1. The lowest BCUT2D eigenvalue weighted by atomic mass is 10.0. The average molecular weight is 375 g/mol. The number of carbonyl (C=O) groups excluding carboxylic acids is 1. The summed E-state index contributed by atoms with van der Waals surface area (Å²) in [6.45, 7) is 5.90. The Hall–Kier alpha value is -3.66. The summed E-state index contributed by atoms with van der Waals surface area (Å²) in [5.74, 6) is -0.741. The fraction of sp³-hybridized carbons (Fsp3) is 0.238. The Morgan fingerprint density at radius 3 is 2.57 bits per heavy atom. The van der Waals surface area contributed by atoms with Gasteiger partial charge in [-0.1, -0.05) is 18.2 Å². The minimum absolute atomic E-state index is 0.0150. The van der Waals surface area contributed by atoms with Gasteiger partial charge in [-0.2, -0.15) is 5.26 Å². The smallest absolute Gasteiger partial charge is 0.357 e. The van der Waals surface area contributed by atoms with Crippen LogP contribution < -0.4 is 5.63 Å². The van der Waals surface area contributed by atoms with Gasteiger partial charge in [-0.25, -0.2) is 14.6 Å². The van der Waals surface area contributed by atoms with Crippen molar-refractivity contribution in [2.45, 2.75) is 26.3 Å². The quantitative estimate of drug-likeness (QED) is 0.286. The van der Waals surface area contributed by atoms with Crippen LogP contribution >= 0.6 is 0 Å². The van der Waals surface area contributed by atoms with Gasteiger partial charge in [-0.05, 0) is 26.8 Å². The fourth-order valence-electron chi connectivity index (χ4n) is 3.48. The van der Waals surface area contributed by atoms with Gasteiger partial charge < -0.3 is 13.7 Å². The van der Waals surface area contributed by atoms with Crippen molar-refractivity contribution >= 4 is 38.7 Å². The van der Waals surface area contributed by atoms with Gasteiger partial charge in [0, 0.05) is 27.9 Å². The normalized spacial score (nSPS) is 11.8. The molecular weight excluding hydrogens is 358 g/mol. The highest BCUT2D eigenvalue weighted by molar-refractivity contribution is 6.22. The third-order valence-electron chi connectivity index (χ3n) is 4.72. The van der Waals surface area contributed by atoms with Crippen LogP contribution in [-0.4, -0.2) is 22.6 Å². The molecule has 0 spiro atoms. The average Bonchev–Trinajstić information content (AvgIpc) is 3.05. The molecule has 0 N–H and O–H groups in total. The Bertz CT molecular complexity index is 1380. The number of aromatic nitrogens is 2. The summed E-state index contributed by atoms with van der Waals surface area (Å²) < 4.78 is 12.1. The van der Waals surface area contributed by atoms with E-state index in [2.05, 4.69) is 11.1 Å². The van der Waals surface area contributed by atoms with Gasteiger partial charge in [0.25, 0.3) is 0 Å². The number of hydrogen-bond acceptors (Lipinski definition) is 6. The maximum atomic E-state index is 12.8. The molecule has 4 aromatic rings. The van der Waals surface area contributed by atoms with E-state index in [1.807, 2.05) is 25.3 Å². The molecule has 140 valence electrons. The summed E-state index contributed by atoms with van der Waals surface area (Å²) in [5.41, 5.74) is -0.0528. The highest BCUT2D eigenvalue weighted by atomic mass is 16.5. The molecule has 0 aliphatic carbocycles. The van der Waals surface area contributed by atoms with Gasteiger partial charge in [0.15, 0.2) is 5.69 Å². The van der Waals surface area contributed by atoms with Crippen LogP contribution in [0.4, 0.5) is 0 Å². The zero-order valence-electron chi connectivity index (χ0n) is 15.9. The molecule has 7 nitrogen and oxygen atoms in total. The Kier molecular flexibility index (Phi) is 3.75. The molecule has 0 amide bonds. The molecule has 0 fully saturated rings. The summed E-state index contributed by atoms with van der Waals surface area (Å²) in [6, 6.07) is 9.21. The summed E-state index contributed by atoms with van der Waals surface area (Å²) in [7, 11) is 1.23. The summed E-state index contributed by atoms with van der Waals surface area (Å²) in [4.78, 5) is 29.7. The van der Waals surface area contributed by atoms with Crippen LogP contribution in [0.1, 0.15) is 36.8 Å². The van der Waals surface area contributed by atoms with Gasteiger partial charge in [-0.15, -0.1) is 0 Å². The maximum Gasteiger partial charge on any atom is 0.357 e. The summed E-state index contributed by atoms with van der Waals surface area (Å²) >= 11 is 0. The zero-order valence-corrected chi connectivity index (χ0v) is 15.9. The van der Waals surface area contributed by atoms with Crippen molar-refractivity contribution in [3.63, 3.8) is 0 Å². The minimum Gasteiger partial charge on any atom is -0.464 e. The van der Waals surface area contributed by atoms with E-state index in [4.69, 9.17) is 9.15 Å². The second kappa shape index (κ2) is 5.92. The molecule has 3 heterocycles. The van der Waals surface area contributed by atoms with E-state index < -0.39 is 17.1 Å². The molecule has 0 aliphatic heterocycles. The number of fused-ring (bicyclic) bond motifs is 5. The first-order chi connectivity index (χ1) is 13.3. The molecule has 0 aliphatic rings. The third-order valence-corrected chi connectivity index (χ3v) is 4.72. The van der Waals surface area contributed by atoms with Crippen molar-refractivity contribution in [3.8, 4) is 6.07 Å². The number of para-hydroxylation sites is 1. The SMILES string of the molecule is COC(=O)c1nc2c(c(C#N)cn2C(C)(C)C)c2c1c(=O)oc1ccccc12. The van der Waals surface area contributed by atoms with E-state index >= 15 is 0 Å². The highest BCUT2D eigenvalue weighted by Crippen LogP contribution is 2.36. The second-order valence-corrected chi connectivity index (χ2v) is 7.48. The monoisotopic (exact) mass is 375 g/mol. The van der Waals surface area contributed by atoms with Gasteiger partial charge in [0.1, 0.15) is 22.7 Å². The Morgan fingerprint density at radius 2 is 1.93 bits per heavy atom. The van der Waals surface area contributed by atoms with Crippen molar-refractivity contribution in [3.05, 3.63) is 52.1 Å². The lowest BCUT2D eigenvalue weighted by Crippen LogP contribution is -2.22. The van der Waals surface area contributed by atoms with Crippen molar-refractivity contribution < 1.29 is 13.9 Å². The van der Waals surface area contributed by atoms with Crippen molar-refractivity contribution in [2.75, 3.05) is 7.11 Å². The number of rotatable bonds is 1. The van der Waals surface area contributed by atoms with Crippen LogP contribution in [0.15, 0.2) is 39.7 Å². The fourth-order valence-corrected chi connectivity index (χ4v) is 3.48. The summed E-state index contributed by atoms with van der Waals surface area (Å²) in [5, 5.41) is 11.4. The second-order valence-electron chi connectivity index (χ2n) is 7.48. The van der Waals surface area contributed by atoms with Gasteiger partial charge in [-0.3, -0.25) is 0 Å². The molecule has 0 saturated heterocycles. The molecule has 0 atom stereocenters. The number of carbonyl (C=O) groups is 1. The number of nitriles is 1. The van der Waals surface area contributed by atoms with Crippen LogP contribution in [0.5, 0.6) is 0 Å². The van der Waals surface area contributed by atoms with Gasteiger partial charge in [0.05, 0.1) is 12.7 Å². The van der Waals surface area contributed by atoms with Crippen LogP contribution in [0.2, 0.25) is 0 Å². The molecule has 0 bridgehead atoms. The number of esters is 1. The number of methoxy groups -OCH3 is 1. The topological polar surface area (TPSA) is 98.1 Å². The number of hydrogen-bond donors (Lipinski definition) is 0. The van der Waals surface area contributed by atoms with E-state index in [1.54, 1.807) is 30.5 Å². The largest absolute Gasteiger partial charge is 0.464 e. The molecule has 28 heavy (non-hydrogen) atoms. The molecule has 1 aromatic carbocycles. The minimum atomic E-state index is -0.741. The van der Waals surface area contributed by atoms with E-state index in [0.717, 1.165) is 0 Å². The zero-order chi connectivity index (χ0) is 20.2. The standard InChI is InChI=1S/C21H17N3O4/c1-21(2,3)24-10-11(9-22)14-15-12-7-5-6-8-13(12)28-19(25)16(15)17(20(26)27-4)23-18(14)24/h5-8,10H,1-4H3. The molecule has 7 heteroatoms. The van der Waals surface area contributed by atoms with E-state index in [0.29, 0.717) is 33.0 Å². The predicted octanol–water partition coefficient (Wildman–Crippen LogP) is 3.71. The first-order valence-electron chi connectivity index (χ1n) is 8.67. The lowest BCUT2D eigenvalue weighted by Gasteiger charge is -2.22. The molecule has 0 radical (unpaired) electrons. The predicted molar refractivity (Wildman–Crippen MR) is 104 cm³/mol. The first-order valence-corrected chi connectivity index (χ1v) is 8.67.